The number of fused-ring (bicyclic) bond motifs is 1. The average Bonchev–Trinajstić information content (AvgIpc) is 3.13. The van der Waals surface area contributed by atoms with Gasteiger partial charge in [-0.2, -0.15) is 0 Å². The molecule has 2 saturated heterocycles. The highest BCUT2D eigenvalue weighted by atomic mass is 32.1. The van der Waals surface area contributed by atoms with E-state index in [1.807, 2.05) is 0 Å². The van der Waals surface area contributed by atoms with E-state index in [1.54, 1.807) is 12.4 Å². The molecular formula is C15H18N4O3S. The van der Waals surface area contributed by atoms with Gasteiger partial charge in [-0.15, -0.1) is 11.3 Å². The highest BCUT2D eigenvalue weighted by molar-refractivity contribution is 7.21. The maximum atomic E-state index is 11.5. The molecule has 2 aromatic rings. The van der Waals surface area contributed by atoms with Crippen molar-refractivity contribution in [1.29, 1.82) is 0 Å². The summed E-state index contributed by atoms with van der Waals surface area (Å²) in [7, 11) is 0. The number of nitrogens with zero attached hydrogens (tertiary/aromatic N) is 2. The molecule has 4 rings (SSSR count). The number of nitrogen functional groups attached to an aromatic ring is 1. The molecule has 0 bridgehead atoms. The van der Waals surface area contributed by atoms with Gasteiger partial charge >= 0.3 is 0 Å². The Labute approximate surface area is 137 Å². The Kier molecular flexibility index (Phi) is 3.40. The summed E-state index contributed by atoms with van der Waals surface area (Å²) < 4.78 is 12.4. The maximum absolute atomic E-state index is 11.5. The summed E-state index contributed by atoms with van der Waals surface area (Å²) in [6, 6.07) is 0. The van der Waals surface area contributed by atoms with Crippen molar-refractivity contribution in [2.75, 3.05) is 36.9 Å². The topological polar surface area (TPSA) is 104 Å². The first-order chi connectivity index (χ1) is 11.1. The van der Waals surface area contributed by atoms with Crippen LogP contribution in [0.2, 0.25) is 0 Å². The molecule has 0 aliphatic carbocycles. The first-order valence-electron chi connectivity index (χ1n) is 7.58. The molecule has 4 heterocycles. The molecule has 7 nitrogen and oxygen atoms in total. The second-order valence-corrected chi connectivity index (χ2v) is 6.89. The number of hydrogen-bond donors (Lipinski definition) is 2. The number of nitrogens with two attached hydrogens (primary N) is 2. The number of thiophene rings is 1. The van der Waals surface area contributed by atoms with Crippen molar-refractivity contribution < 1.29 is 14.3 Å². The van der Waals surface area contributed by atoms with E-state index in [-0.39, 0.29) is 0 Å². The van der Waals surface area contributed by atoms with Crippen LogP contribution in [-0.2, 0) is 9.47 Å². The molecule has 8 heteroatoms. The first kappa shape index (κ1) is 14.7. The Balaban J connectivity index is 1.68. The molecule has 1 spiro atoms. The van der Waals surface area contributed by atoms with Crippen LogP contribution < -0.4 is 16.4 Å². The Morgan fingerprint density at radius 3 is 2.61 bits per heavy atom. The summed E-state index contributed by atoms with van der Waals surface area (Å²) in [6.07, 6.45) is 5.12. The first-order valence-corrected chi connectivity index (χ1v) is 8.40. The van der Waals surface area contributed by atoms with E-state index in [4.69, 9.17) is 20.9 Å². The predicted molar refractivity (Wildman–Crippen MR) is 88.6 cm³/mol. The molecule has 23 heavy (non-hydrogen) atoms. The summed E-state index contributed by atoms with van der Waals surface area (Å²) in [6.45, 7) is 2.91. The number of piperidine rings is 1. The van der Waals surface area contributed by atoms with E-state index in [0.29, 0.717) is 23.8 Å². The quantitative estimate of drug-likeness (QED) is 0.858. The van der Waals surface area contributed by atoms with Crippen LogP contribution in [0.25, 0.3) is 10.1 Å². The van der Waals surface area contributed by atoms with Crippen LogP contribution in [0.5, 0.6) is 0 Å². The number of primary amides is 1. The fraction of sp³-hybridized carbons (Fsp3) is 0.467. The van der Waals surface area contributed by atoms with Gasteiger partial charge in [0.05, 0.1) is 35.5 Å². The zero-order valence-corrected chi connectivity index (χ0v) is 13.4. The largest absolute Gasteiger partial charge is 0.397 e. The molecule has 4 N–H and O–H groups in total. The van der Waals surface area contributed by atoms with Gasteiger partial charge in [0.1, 0.15) is 4.88 Å². The Hall–Kier alpha value is -1.90. The Morgan fingerprint density at radius 2 is 1.96 bits per heavy atom. The number of ether oxygens (including phenoxy) is 2. The van der Waals surface area contributed by atoms with Crippen molar-refractivity contribution in [3.05, 3.63) is 17.3 Å². The maximum Gasteiger partial charge on any atom is 0.260 e. The molecule has 2 aromatic heterocycles. The van der Waals surface area contributed by atoms with Gasteiger partial charge in [-0.3, -0.25) is 9.78 Å². The highest BCUT2D eigenvalue weighted by Crippen LogP contribution is 2.41. The van der Waals surface area contributed by atoms with Crippen molar-refractivity contribution >= 4 is 38.7 Å². The van der Waals surface area contributed by atoms with Crippen LogP contribution >= 0.6 is 11.3 Å². The number of anilines is 2. The minimum absolute atomic E-state index is 0.394. The van der Waals surface area contributed by atoms with Crippen LogP contribution in [0.1, 0.15) is 22.5 Å². The third-order valence-electron chi connectivity index (χ3n) is 4.52. The Morgan fingerprint density at radius 1 is 1.26 bits per heavy atom. The van der Waals surface area contributed by atoms with Crippen molar-refractivity contribution in [2.24, 2.45) is 5.73 Å². The van der Waals surface area contributed by atoms with Crippen LogP contribution in [-0.4, -0.2) is 43.0 Å². The number of rotatable bonds is 2. The summed E-state index contributed by atoms with van der Waals surface area (Å²) in [4.78, 5) is 18.4. The smallest absolute Gasteiger partial charge is 0.260 e. The van der Waals surface area contributed by atoms with Gasteiger partial charge in [0, 0.05) is 37.5 Å². The number of pyridine rings is 1. The van der Waals surface area contributed by atoms with Gasteiger partial charge < -0.3 is 25.8 Å². The van der Waals surface area contributed by atoms with E-state index in [9.17, 15) is 4.79 Å². The molecule has 0 unspecified atom stereocenters. The molecule has 2 aliphatic heterocycles. The third kappa shape index (κ3) is 2.34. The third-order valence-corrected chi connectivity index (χ3v) is 5.68. The number of aromatic nitrogens is 1. The SMILES string of the molecule is NC(=O)c1sc2cncc(N3CCC4(CC3)OCCO4)c2c1N. The number of carbonyl (C=O) groups is 1. The lowest BCUT2D eigenvalue weighted by molar-refractivity contribution is -0.169. The monoisotopic (exact) mass is 334 g/mol. The molecule has 0 saturated carbocycles. The number of carbonyl (C=O) groups excluding carboxylic acids is 1. The summed E-state index contributed by atoms with van der Waals surface area (Å²) in [5, 5.41) is 0.864. The zero-order valence-electron chi connectivity index (χ0n) is 12.6. The average molecular weight is 334 g/mol. The van der Waals surface area contributed by atoms with Crippen LogP contribution in [0.15, 0.2) is 12.4 Å². The second-order valence-electron chi connectivity index (χ2n) is 5.84. The molecule has 0 atom stereocenters. The normalized spacial score (nSPS) is 20.4. The zero-order chi connectivity index (χ0) is 16.0. The molecule has 1 amide bonds. The van der Waals surface area contributed by atoms with E-state index >= 15 is 0 Å². The van der Waals surface area contributed by atoms with Gasteiger partial charge in [0.2, 0.25) is 0 Å². The van der Waals surface area contributed by atoms with Gasteiger partial charge in [-0.25, -0.2) is 0 Å². The second kappa shape index (κ2) is 5.33. The van der Waals surface area contributed by atoms with Crippen molar-refractivity contribution in [3.8, 4) is 0 Å². The summed E-state index contributed by atoms with van der Waals surface area (Å²) >= 11 is 1.29. The van der Waals surface area contributed by atoms with E-state index in [2.05, 4.69) is 9.88 Å². The highest BCUT2D eigenvalue weighted by Gasteiger charge is 2.40. The van der Waals surface area contributed by atoms with E-state index in [0.717, 1.165) is 41.7 Å². The van der Waals surface area contributed by atoms with Gasteiger partial charge in [-0.1, -0.05) is 0 Å². The Bertz CT molecular complexity index is 759. The lowest BCUT2D eigenvalue weighted by Crippen LogP contribution is -2.45. The van der Waals surface area contributed by atoms with Crippen molar-refractivity contribution in [3.63, 3.8) is 0 Å². The molecule has 2 fully saturated rings. The molecule has 122 valence electrons. The van der Waals surface area contributed by atoms with Crippen molar-refractivity contribution in [2.45, 2.75) is 18.6 Å². The number of hydrogen-bond acceptors (Lipinski definition) is 7. The standard InChI is InChI=1S/C15H18N4O3S/c16-12-11-9(7-18-8-10(11)23-13(12)14(17)20)19-3-1-15(2-4-19)21-5-6-22-15/h7-8H,1-6,16H2,(H2,17,20). The van der Waals surface area contributed by atoms with Crippen LogP contribution in [0.3, 0.4) is 0 Å². The van der Waals surface area contributed by atoms with Crippen molar-refractivity contribution in [1.82, 2.24) is 4.98 Å². The molecule has 0 aromatic carbocycles. The lowest BCUT2D eigenvalue weighted by atomic mass is 10.0. The summed E-state index contributed by atoms with van der Waals surface area (Å²) in [5.41, 5.74) is 13.0. The van der Waals surface area contributed by atoms with Gasteiger partial charge in [0.15, 0.2) is 5.79 Å². The van der Waals surface area contributed by atoms with E-state index < -0.39 is 11.7 Å². The van der Waals surface area contributed by atoms with Gasteiger partial charge in [0.25, 0.3) is 5.91 Å². The summed E-state index contributed by atoms with van der Waals surface area (Å²) in [5.74, 6) is -0.920. The molecule has 2 aliphatic rings. The molecule has 0 radical (unpaired) electrons. The van der Waals surface area contributed by atoms with Gasteiger partial charge in [-0.05, 0) is 0 Å². The van der Waals surface area contributed by atoms with E-state index in [1.165, 1.54) is 11.3 Å². The fourth-order valence-electron chi connectivity index (χ4n) is 3.35. The fourth-order valence-corrected chi connectivity index (χ4v) is 4.32. The minimum Gasteiger partial charge on any atom is -0.397 e. The van der Waals surface area contributed by atoms with Crippen LogP contribution in [0, 0.1) is 0 Å². The molecular weight excluding hydrogens is 316 g/mol. The number of amides is 1. The predicted octanol–water partition coefficient (Wildman–Crippen LogP) is 1.32. The lowest BCUT2D eigenvalue weighted by Gasteiger charge is -2.38. The van der Waals surface area contributed by atoms with Crippen LogP contribution in [0.4, 0.5) is 11.4 Å². The minimum atomic E-state index is -0.500.